The Morgan fingerprint density at radius 2 is 1.67 bits per heavy atom. The van der Waals surface area contributed by atoms with E-state index in [4.69, 9.17) is 4.74 Å². The van der Waals surface area contributed by atoms with E-state index in [1.165, 1.54) is 12.1 Å². The maximum Gasteiger partial charge on any atom is 0.333 e. The van der Waals surface area contributed by atoms with E-state index < -0.39 is 5.75 Å². The molecular formula is C16H22O5. The van der Waals surface area contributed by atoms with Crippen molar-refractivity contribution in [2.75, 3.05) is 6.61 Å². The van der Waals surface area contributed by atoms with Crippen molar-refractivity contribution in [2.45, 2.75) is 39.0 Å². The van der Waals surface area contributed by atoms with Crippen molar-refractivity contribution in [1.82, 2.24) is 0 Å². The van der Waals surface area contributed by atoms with Crippen molar-refractivity contribution in [1.29, 1.82) is 0 Å². The summed E-state index contributed by atoms with van der Waals surface area (Å²) in [5, 5.41) is 28.0. The number of aryl methyl sites for hydroxylation is 1. The summed E-state index contributed by atoms with van der Waals surface area (Å²) in [7, 11) is 0. The summed E-state index contributed by atoms with van der Waals surface area (Å²) in [6, 6.07) is 2.90. The molecule has 116 valence electrons. The number of rotatable bonds is 8. The Balaban J connectivity index is 2.17. The van der Waals surface area contributed by atoms with Gasteiger partial charge in [-0.15, -0.1) is 0 Å². The molecule has 0 radical (unpaired) electrons. The third kappa shape index (κ3) is 5.77. The highest BCUT2D eigenvalue weighted by molar-refractivity contribution is 5.86. The minimum absolute atomic E-state index is 0.309. The Kier molecular flexibility index (Phi) is 6.59. The molecule has 1 aromatic carbocycles. The molecule has 3 N–H and O–H groups in total. The van der Waals surface area contributed by atoms with E-state index in [9.17, 15) is 20.1 Å². The Bertz CT molecular complexity index is 484. The van der Waals surface area contributed by atoms with Gasteiger partial charge in [0, 0.05) is 5.57 Å². The van der Waals surface area contributed by atoms with Gasteiger partial charge in [-0.2, -0.15) is 0 Å². The Morgan fingerprint density at radius 3 is 2.24 bits per heavy atom. The number of unbranched alkanes of at least 4 members (excludes halogenated alkanes) is 3. The van der Waals surface area contributed by atoms with E-state index in [1.54, 1.807) is 6.92 Å². The van der Waals surface area contributed by atoms with Crippen LogP contribution in [0.4, 0.5) is 0 Å². The highest BCUT2D eigenvalue weighted by atomic mass is 16.5. The zero-order valence-electron chi connectivity index (χ0n) is 12.3. The Labute approximate surface area is 124 Å². The number of esters is 1. The van der Waals surface area contributed by atoms with Crippen LogP contribution in [-0.2, 0) is 16.0 Å². The number of carbonyl (C=O) groups excluding carboxylic acids is 1. The fourth-order valence-corrected chi connectivity index (χ4v) is 1.88. The molecule has 21 heavy (non-hydrogen) atoms. The van der Waals surface area contributed by atoms with Crippen LogP contribution >= 0.6 is 0 Å². The van der Waals surface area contributed by atoms with Crippen molar-refractivity contribution in [3.63, 3.8) is 0 Å². The van der Waals surface area contributed by atoms with E-state index in [2.05, 4.69) is 6.58 Å². The van der Waals surface area contributed by atoms with Crippen molar-refractivity contribution in [3.8, 4) is 17.2 Å². The van der Waals surface area contributed by atoms with E-state index in [1.807, 2.05) is 0 Å². The second kappa shape index (κ2) is 8.19. The number of phenols is 3. The molecule has 0 atom stereocenters. The zero-order valence-corrected chi connectivity index (χ0v) is 12.3. The minimum Gasteiger partial charge on any atom is -0.504 e. The van der Waals surface area contributed by atoms with Crippen LogP contribution < -0.4 is 0 Å². The third-order valence-electron chi connectivity index (χ3n) is 3.07. The molecule has 0 unspecified atom stereocenters. The molecule has 0 aliphatic rings. The van der Waals surface area contributed by atoms with Gasteiger partial charge in [0.2, 0.25) is 0 Å². The van der Waals surface area contributed by atoms with Gasteiger partial charge in [0.1, 0.15) is 0 Å². The van der Waals surface area contributed by atoms with Crippen LogP contribution in [0.15, 0.2) is 24.3 Å². The first-order chi connectivity index (χ1) is 9.91. The maximum absolute atomic E-state index is 11.1. The molecule has 0 aliphatic heterocycles. The van der Waals surface area contributed by atoms with E-state index in [-0.39, 0.29) is 17.5 Å². The normalized spacial score (nSPS) is 10.3. The average molecular weight is 294 g/mol. The number of benzene rings is 1. The van der Waals surface area contributed by atoms with Crippen LogP contribution in [0, 0.1) is 0 Å². The van der Waals surface area contributed by atoms with Gasteiger partial charge < -0.3 is 20.1 Å². The van der Waals surface area contributed by atoms with Crippen LogP contribution in [0.2, 0.25) is 0 Å². The highest BCUT2D eigenvalue weighted by Gasteiger charge is 2.07. The van der Waals surface area contributed by atoms with Gasteiger partial charge >= 0.3 is 5.97 Å². The quantitative estimate of drug-likeness (QED) is 0.297. The first-order valence-corrected chi connectivity index (χ1v) is 6.98. The van der Waals surface area contributed by atoms with Gasteiger partial charge in [-0.05, 0) is 43.9 Å². The van der Waals surface area contributed by atoms with Gasteiger partial charge in [0.25, 0.3) is 0 Å². The van der Waals surface area contributed by atoms with Gasteiger partial charge in [0.05, 0.1) is 6.61 Å². The smallest absolute Gasteiger partial charge is 0.333 e. The molecule has 0 spiro atoms. The Morgan fingerprint density at radius 1 is 1.10 bits per heavy atom. The molecule has 0 saturated carbocycles. The van der Waals surface area contributed by atoms with E-state index in [0.717, 1.165) is 31.2 Å². The predicted octanol–water partition coefficient (Wildman–Crippen LogP) is 3.03. The molecule has 1 aromatic rings. The molecule has 0 aromatic heterocycles. The van der Waals surface area contributed by atoms with Crippen molar-refractivity contribution in [2.24, 2.45) is 0 Å². The van der Waals surface area contributed by atoms with Gasteiger partial charge in [-0.1, -0.05) is 19.4 Å². The number of phenolic OH excluding ortho intramolecular Hbond substituents is 3. The molecule has 0 amide bonds. The lowest BCUT2D eigenvalue weighted by atomic mass is 10.1. The summed E-state index contributed by atoms with van der Waals surface area (Å²) >= 11 is 0. The molecule has 5 nitrogen and oxygen atoms in total. The van der Waals surface area contributed by atoms with Gasteiger partial charge in [0.15, 0.2) is 17.2 Å². The molecule has 0 heterocycles. The third-order valence-corrected chi connectivity index (χ3v) is 3.07. The fourth-order valence-electron chi connectivity index (χ4n) is 1.88. The Hall–Kier alpha value is -2.17. The molecule has 0 saturated heterocycles. The monoisotopic (exact) mass is 294 g/mol. The van der Waals surface area contributed by atoms with Gasteiger partial charge in [-0.3, -0.25) is 0 Å². The summed E-state index contributed by atoms with van der Waals surface area (Å²) in [5.41, 5.74) is 1.18. The van der Waals surface area contributed by atoms with Crippen molar-refractivity contribution in [3.05, 3.63) is 29.8 Å². The van der Waals surface area contributed by atoms with Crippen molar-refractivity contribution >= 4 is 5.97 Å². The SMILES string of the molecule is C=C(C)C(=O)OCCCCCCc1cc(O)c(O)c(O)c1. The second-order valence-corrected chi connectivity index (χ2v) is 5.06. The molecular weight excluding hydrogens is 272 g/mol. The van der Waals surface area contributed by atoms with Crippen LogP contribution in [-0.4, -0.2) is 27.9 Å². The zero-order chi connectivity index (χ0) is 15.8. The lowest BCUT2D eigenvalue weighted by Gasteiger charge is -2.06. The molecule has 1 rings (SSSR count). The van der Waals surface area contributed by atoms with Crippen LogP contribution in [0.5, 0.6) is 17.2 Å². The van der Waals surface area contributed by atoms with Crippen molar-refractivity contribution < 1.29 is 24.9 Å². The molecule has 0 aliphatic carbocycles. The minimum atomic E-state index is -0.488. The van der Waals surface area contributed by atoms with E-state index >= 15 is 0 Å². The lowest BCUT2D eigenvalue weighted by molar-refractivity contribution is -0.139. The van der Waals surface area contributed by atoms with Crippen LogP contribution in [0.3, 0.4) is 0 Å². The number of hydrogen-bond donors (Lipinski definition) is 3. The number of carbonyl (C=O) groups is 1. The summed E-state index contributed by atoms with van der Waals surface area (Å²) in [5.74, 6) is -1.46. The topological polar surface area (TPSA) is 87.0 Å². The molecule has 0 bridgehead atoms. The number of ether oxygens (including phenoxy) is 1. The van der Waals surface area contributed by atoms with E-state index in [0.29, 0.717) is 18.6 Å². The first kappa shape index (κ1) is 16.9. The largest absolute Gasteiger partial charge is 0.504 e. The number of hydrogen-bond acceptors (Lipinski definition) is 5. The molecule has 5 heteroatoms. The molecule has 0 fully saturated rings. The average Bonchev–Trinajstić information content (AvgIpc) is 2.43. The maximum atomic E-state index is 11.1. The predicted molar refractivity (Wildman–Crippen MR) is 79.4 cm³/mol. The second-order valence-electron chi connectivity index (χ2n) is 5.06. The van der Waals surface area contributed by atoms with Crippen LogP contribution in [0.1, 0.15) is 38.2 Å². The standard InChI is InChI=1S/C16H22O5/c1-11(2)16(20)21-8-6-4-3-5-7-12-9-13(17)15(19)14(18)10-12/h9-10,17-19H,1,3-8H2,2H3. The summed E-state index contributed by atoms with van der Waals surface area (Å²) in [6.07, 6.45) is 4.27. The first-order valence-electron chi connectivity index (χ1n) is 6.98. The summed E-state index contributed by atoms with van der Waals surface area (Å²) < 4.78 is 4.98. The fraction of sp³-hybridized carbons (Fsp3) is 0.438. The number of aromatic hydroxyl groups is 3. The lowest BCUT2D eigenvalue weighted by Crippen LogP contribution is -2.06. The highest BCUT2D eigenvalue weighted by Crippen LogP contribution is 2.35. The summed E-state index contributed by atoms with van der Waals surface area (Å²) in [4.78, 5) is 11.1. The van der Waals surface area contributed by atoms with Gasteiger partial charge in [-0.25, -0.2) is 4.79 Å². The van der Waals surface area contributed by atoms with Crippen LogP contribution in [0.25, 0.3) is 0 Å². The summed E-state index contributed by atoms with van der Waals surface area (Å²) in [6.45, 7) is 5.52.